The third kappa shape index (κ3) is 4.77. The number of ether oxygens (including phenoxy) is 1. The van der Waals surface area contributed by atoms with E-state index in [1.165, 1.54) is 24.2 Å². The van der Waals surface area contributed by atoms with Crippen molar-refractivity contribution in [2.24, 2.45) is 0 Å². The highest BCUT2D eigenvalue weighted by Gasteiger charge is 2.50. The van der Waals surface area contributed by atoms with Crippen molar-refractivity contribution >= 4 is 27.9 Å². The molecule has 3 atom stereocenters. The zero-order valence-corrected chi connectivity index (χ0v) is 27.0. The first-order chi connectivity index (χ1) is 21.2. The Bertz CT molecular complexity index is 1560. The van der Waals surface area contributed by atoms with Gasteiger partial charge in [0.05, 0.1) is 11.0 Å². The van der Waals surface area contributed by atoms with Gasteiger partial charge in [0.15, 0.2) is 5.82 Å². The largest absolute Gasteiger partial charge is 0.511 e. The van der Waals surface area contributed by atoms with Crippen molar-refractivity contribution in [3.8, 4) is 11.9 Å². The number of allylic oxidation sites excluding steroid dienone is 2. The van der Waals surface area contributed by atoms with E-state index in [0.717, 1.165) is 87.4 Å². The second-order valence-electron chi connectivity index (χ2n) is 13.7. The molecule has 234 valence electrons. The average molecular weight is 617 g/mol. The quantitative estimate of drug-likeness (QED) is 0.392. The van der Waals surface area contributed by atoms with E-state index in [1.807, 2.05) is 6.07 Å². The molecule has 2 aromatic rings. The van der Waals surface area contributed by atoms with Crippen LogP contribution in [0.5, 0.6) is 5.88 Å². The van der Waals surface area contributed by atoms with Crippen LogP contribution in [0.15, 0.2) is 17.4 Å². The molecule has 2 aromatic heterocycles. The molecular weight excluding hydrogens is 572 g/mol. The maximum absolute atomic E-state index is 12.0. The number of nitrogen functional groups attached to an aromatic ring is 1. The highest BCUT2D eigenvalue weighted by Crippen LogP contribution is 2.54. The molecule has 4 N–H and O–H groups in total. The molecule has 1 saturated carbocycles. The number of rotatable bonds is 6. The molecule has 0 radical (unpaired) electrons. The molecule has 2 aliphatic heterocycles. The molecule has 0 bridgehead atoms. The van der Waals surface area contributed by atoms with Crippen LogP contribution < -0.4 is 15.4 Å². The number of hydrogen-bond donors (Lipinski definition) is 3. The Morgan fingerprint density at radius 3 is 2.64 bits per heavy atom. The summed E-state index contributed by atoms with van der Waals surface area (Å²) in [7, 11) is 4.36. The number of likely N-dealkylation sites (N-methyl/N-ethyl adjacent to an activating group) is 2. The average Bonchev–Trinajstić information content (AvgIpc) is 3.51. The summed E-state index contributed by atoms with van der Waals surface area (Å²) >= 11 is 1.47. The van der Waals surface area contributed by atoms with Gasteiger partial charge < -0.3 is 20.5 Å². The number of piperazine rings is 1. The Kier molecular flexibility index (Phi) is 7.38. The van der Waals surface area contributed by atoms with E-state index < -0.39 is 5.41 Å². The molecule has 44 heavy (non-hydrogen) atoms. The van der Waals surface area contributed by atoms with Gasteiger partial charge in [-0.2, -0.15) is 10.2 Å². The van der Waals surface area contributed by atoms with E-state index in [4.69, 9.17) is 20.4 Å². The second-order valence-corrected chi connectivity index (χ2v) is 14.8. The maximum atomic E-state index is 12.0. The lowest BCUT2D eigenvalue weighted by atomic mass is 9.63. The topological polar surface area (TPSA) is 139 Å². The van der Waals surface area contributed by atoms with Gasteiger partial charge in [0.25, 0.3) is 0 Å². The van der Waals surface area contributed by atoms with Crippen molar-refractivity contribution in [1.82, 2.24) is 19.8 Å². The van der Waals surface area contributed by atoms with Crippen LogP contribution in [0.1, 0.15) is 86.5 Å². The lowest BCUT2D eigenvalue weighted by Gasteiger charge is -2.41. The number of fused-ring (bicyclic) bond motifs is 2. The standard InChI is InChI=1S/C33H44N8O2S/c1-20(23-8-6-14-39(23)2)43-26-17-25(41-16-15-40(3)32(19-41)12-13-32)37-31(38-26)28(35)21-7-4-10-33(29(21)42)11-5-9-24-27(33)22(18-34)30(36)44-24/h17,20,23,35,42H,4-16,19,36H2,1-3H3/t20-,23-,33-/m0/s1. The number of nitrogens with zero attached hydrogens (tertiary/aromatic N) is 6. The van der Waals surface area contributed by atoms with Gasteiger partial charge in [-0.25, -0.2) is 4.98 Å². The van der Waals surface area contributed by atoms with Crippen LogP contribution in [0, 0.1) is 16.7 Å². The van der Waals surface area contributed by atoms with E-state index in [9.17, 15) is 15.8 Å². The number of aromatic nitrogens is 2. The fourth-order valence-corrected chi connectivity index (χ4v) is 9.57. The van der Waals surface area contributed by atoms with Crippen molar-refractivity contribution in [3.63, 3.8) is 0 Å². The van der Waals surface area contributed by atoms with E-state index in [1.54, 1.807) is 0 Å². The number of nitrogens with one attached hydrogen (secondary N) is 1. The van der Waals surface area contributed by atoms with Crippen LogP contribution in [0.4, 0.5) is 10.8 Å². The van der Waals surface area contributed by atoms with Gasteiger partial charge >= 0.3 is 0 Å². The van der Waals surface area contributed by atoms with Crippen molar-refractivity contribution in [3.05, 3.63) is 39.2 Å². The molecule has 0 unspecified atom stereocenters. The van der Waals surface area contributed by atoms with Crippen molar-refractivity contribution in [2.45, 2.75) is 94.2 Å². The number of hydrogen-bond acceptors (Lipinski definition) is 11. The monoisotopic (exact) mass is 616 g/mol. The zero-order valence-electron chi connectivity index (χ0n) is 26.2. The first-order valence-corrected chi connectivity index (χ1v) is 17.0. The number of anilines is 2. The Labute approximate surface area is 264 Å². The molecule has 3 fully saturated rings. The lowest BCUT2D eigenvalue weighted by molar-refractivity contribution is 0.116. The smallest absolute Gasteiger partial charge is 0.219 e. The molecule has 11 heteroatoms. The number of likely N-dealkylation sites (tertiary alicyclic amines) is 1. The molecule has 3 aliphatic carbocycles. The summed E-state index contributed by atoms with van der Waals surface area (Å²) in [4.78, 5) is 18.0. The highest BCUT2D eigenvalue weighted by atomic mass is 32.1. The molecule has 7 rings (SSSR count). The molecule has 4 heterocycles. The number of thiophene rings is 1. The molecule has 0 amide bonds. The number of aliphatic hydroxyl groups excluding tert-OH is 1. The Morgan fingerprint density at radius 2 is 1.93 bits per heavy atom. The Hall–Kier alpha value is -3.20. The molecular formula is C33H44N8O2S. The molecule has 5 aliphatic rings. The van der Waals surface area contributed by atoms with Gasteiger partial charge in [-0.3, -0.25) is 15.2 Å². The number of nitrogens with two attached hydrogens (primary N) is 1. The highest BCUT2D eigenvalue weighted by molar-refractivity contribution is 7.16. The summed E-state index contributed by atoms with van der Waals surface area (Å²) < 4.78 is 6.53. The Balaban J connectivity index is 1.27. The van der Waals surface area contributed by atoms with E-state index in [-0.39, 0.29) is 28.9 Å². The van der Waals surface area contributed by atoms with Crippen LogP contribution in [0.2, 0.25) is 0 Å². The summed E-state index contributed by atoms with van der Waals surface area (Å²) in [6, 6.07) is 4.58. The summed E-state index contributed by atoms with van der Waals surface area (Å²) in [5.74, 6) is 1.74. The number of nitriles is 1. The molecule has 2 spiro atoms. The normalized spacial score (nSPS) is 27.4. The van der Waals surface area contributed by atoms with E-state index in [0.29, 0.717) is 34.5 Å². The first kappa shape index (κ1) is 29.5. The summed E-state index contributed by atoms with van der Waals surface area (Å²) in [6.07, 6.45) is 9.16. The van der Waals surface area contributed by atoms with Crippen molar-refractivity contribution < 1.29 is 9.84 Å². The number of aliphatic hydroxyl groups is 1. The first-order valence-electron chi connectivity index (χ1n) is 16.2. The predicted octanol–water partition coefficient (Wildman–Crippen LogP) is 4.78. The van der Waals surface area contributed by atoms with Gasteiger partial charge in [-0.15, -0.1) is 11.3 Å². The lowest BCUT2D eigenvalue weighted by Crippen LogP contribution is -2.53. The SMILES string of the molecule is C[C@H](Oc1cc(N2CCN(C)C3(CC3)C2)nc(C(=N)C2=C(O)[C@@]3(CCC2)CCCc2sc(N)c(C#N)c23)n1)[C@@H]1CCCN1C. The van der Waals surface area contributed by atoms with Gasteiger partial charge in [0, 0.05) is 47.7 Å². The maximum Gasteiger partial charge on any atom is 0.219 e. The van der Waals surface area contributed by atoms with Crippen LogP contribution in [-0.4, -0.2) is 88.5 Å². The van der Waals surface area contributed by atoms with Gasteiger partial charge in [0.2, 0.25) is 5.88 Å². The summed E-state index contributed by atoms with van der Waals surface area (Å²) in [6.45, 7) is 5.86. The second kappa shape index (κ2) is 11.0. The molecule has 10 nitrogen and oxygen atoms in total. The summed E-state index contributed by atoms with van der Waals surface area (Å²) in [5, 5.41) is 32.0. The summed E-state index contributed by atoms with van der Waals surface area (Å²) in [5.41, 5.74) is 7.89. The van der Waals surface area contributed by atoms with Crippen molar-refractivity contribution in [2.75, 3.05) is 50.9 Å². The predicted molar refractivity (Wildman–Crippen MR) is 173 cm³/mol. The zero-order chi connectivity index (χ0) is 30.8. The minimum absolute atomic E-state index is 0.0609. The van der Waals surface area contributed by atoms with Crippen LogP contribution in [0.3, 0.4) is 0 Å². The fraction of sp³-hybridized carbons (Fsp3) is 0.636. The van der Waals surface area contributed by atoms with E-state index >= 15 is 0 Å². The van der Waals surface area contributed by atoms with Gasteiger partial charge in [0.1, 0.15) is 34.5 Å². The third-order valence-corrected chi connectivity index (χ3v) is 12.2. The minimum atomic E-state index is -0.693. The van der Waals surface area contributed by atoms with Crippen molar-refractivity contribution in [1.29, 1.82) is 10.7 Å². The fourth-order valence-electron chi connectivity index (χ4n) is 8.41. The third-order valence-electron chi connectivity index (χ3n) is 11.2. The van der Waals surface area contributed by atoms with Crippen LogP contribution in [0.25, 0.3) is 0 Å². The Morgan fingerprint density at radius 1 is 1.16 bits per heavy atom. The van der Waals surface area contributed by atoms with Crippen LogP contribution >= 0.6 is 11.3 Å². The van der Waals surface area contributed by atoms with Crippen LogP contribution in [-0.2, 0) is 11.8 Å². The molecule has 0 aromatic carbocycles. The number of aryl methyl sites for hydroxylation is 1. The molecule has 2 saturated heterocycles. The minimum Gasteiger partial charge on any atom is -0.511 e. The van der Waals surface area contributed by atoms with Gasteiger partial charge in [-0.05, 0) is 97.3 Å². The van der Waals surface area contributed by atoms with E-state index in [2.05, 4.69) is 41.8 Å². The van der Waals surface area contributed by atoms with Gasteiger partial charge in [-0.1, -0.05) is 0 Å².